The highest BCUT2D eigenvalue weighted by molar-refractivity contribution is 9.09. The maximum atomic E-state index is 5.80. The Morgan fingerprint density at radius 1 is 1.07 bits per heavy atom. The first kappa shape index (κ1) is 11.8. The standard InChI is InChI=1S/C12H14BrCl/c13-10-4-2-1-3-5-11-6-8-12(14)9-7-11/h1-2,6-9H,3-5,10H2/b2-1+. The van der Waals surface area contributed by atoms with E-state index in [-0.39, 0.29) is 0 Å². The average Bonchev–Trinajstić information content (AvgIpc) is 2.21. The van der Waals surface area contributed by atoms with E-state index in [1.807, 2.05) is 12.1 Å². The monoisotopic (exact) mass is 272 g/mol. The van der Waals surface area contributed by atoms with Crippen LogP contribution in [-0.2, 0) is 6.42 Å². The number of allylic oxidation sites excluding steroid dienone is 2. The smallest absolute Gasteiger partial charge is 0.0406 e. The molecule has 0 aliphatic carbocycles. The number of benzene rings is 1. The van der Waals surface area contributed by atoms with Gasteiger partial charge in [-0.15, -0.1) is 0 Å². The molecule has 1 aromatic rings. The van der Waals surface area contributed by atoms with Gasteiger partial charge in [0.1, 0.15) is 0 Å². The molecule has 0 nitrogen and oxygen atoms in total. The van der Waals surface area contributed by atoms with Gasteiger partial charge in [0.2, 0.25) is 0 Å². The maximum absolute atomic E-state index is 5.80. The van der Waals surface area contributed by atoms with E-state index in [9.17, 15) is 0 Å². The highest BCUT2D eigenvalue weighted by Crippen LogP contribution is 2.11. The van der Waals surface area contributed by atoms with E-state index >= 15 is 0 Å². The molecule has 0 radical (unpaired) electrons. The van der Waals surface area contributed by atoms with E-state index in [1.54, 1.807) is 0 Å². The molecule has 2 heteroatoms. The minimum atomic E-state index is 0.809. The van der Waals surface area contributed by atoms with Crippen molar-refractivity contribution in [2.45, 2.75) is 19.3 Å². The SMILES string of the molecule is Clc1ccc(CC/C=C/CCBr)cc1. The molecule has 0 amide bonds. The molecule has 0 saturated carbocycles. The lowest BCUT2D eigenvalue weighted by atomic mass is 10.1. The van der Waals surface area contributed by atoms with Gasteiger partial charge in [-0.1, -0.05) is 51.8 Å². The van der Waals surface area contributed by atoms with E-state index in [0.717, 1.165) is 29.6 Å². The van der Waals surface area contributed by atoms with Crippen LogP contribution in [0.5, 0.6) is 0 Å². The van der Waals surface area contributed by atoms with Crippen LogP contribution in [0.2, 0.25) is 5.02 Å². The second-order valence-electron chi connectivity index (χ2n) is 3.11. The van der Waals surface area contributed by atoms with Gasteiger partial charge in [-0.05, 0) is 37.0 Å². The second kappa shape index (κ2) is 7.08. The molecule has 0 unspecified atom stereocenters. The van der Waals surface area contributed by atoms with Crippen molar-refractivity contribution in [2.24, 2.45) is 0 Å². The summed E-state index contributed by atoms with van der Waals surface area (Å²) in [4.78, 5) is 0. The maximum Gasteiger partial charge on any atom is 0.0406 e. The van der Waals surface area contributed by atoms with Crippen LogP contribution in [-0.4, -0.2) is 5.33 Å². The molecule has 14 heavy (non-hydrogen) atoms. The van der Waals surface area contributed by atoms with Crippen molar-refractivity contribution in [2.75, 3.05) is 5.33 Å². The summed E-state index contributed by atoms with van der Waals surface area (Å²) in [6.45, 7) is 0. The summed E-state index contributed by atoms with van der Waals surface area (Å²) in [5.74, 6) is 0. The summed E-state index contributed by atoms with van der Waals surface area (Å²) in [7, 11) is 0. The van der Waals surface area contributed by atoms with Crippen molar-refractivity contribution in [3.8, 4) is 0 Å². The van der Waals surface area contributed by atoms with E-state index in [1.165, 1.54) is 5.56 Å². The van der Waals surface area contributed by atoms with Crippen LogP contribution in [0, 0.1) is 0 Å². The average molecular weight is 274 g/mol. The van der Waals surface area contributed by atoms with Crippen LogP contribution in [0.25, 0.3) is 0 Å². The molecule has 0 saturated heterocycles. The van der Waals surface area contributed by atoms with E-state index < -0.39 is 0 Å². The molecule has 0 aliphatic rings. The molecule has 0 bridgehead atoms. The molecule has 76 valence electrons. The molecule has 0 atom stereocenters. The lowest BCUT2D eigenvalue weighted by Gasteiger charge is -1.97. The zero-order chi connectivity index (χ0) is 10.2. The molecule has 0 aliphatic heterocycles. The van der Waals surface area contributed by atoms with Crippen molar-refractivity contribution >= 4 is 27.5 Å². The third-order valence-corrected chi connectivity index (χ3v) is 2.67. The fraction of sp³-hybridized carbons (Fsp3) is 0.333. The number of hydrogen-bond acceptors (Lipinski definition) is 0. The van der Waals surface area contributed by atoms with Gasteiger partial charge in [-0.2, -0.15) is 0 Å². The molecule has 1 rings (SSSR count). The minimum absolute atomic E-state index is 0.809. The largest absolute Gasteiger partial charge is 0.0925 e. The molecule has 0 N–H and O–H groups in total. The summed E-state index contributed by atoms with van der Waals surface area (Å²) in [6.07, 6.45) is 7.76. The number of rotatable bonds is 5. The Bertz CT molecular complexity index is 277. The van der Waals surface area contributed by atoms with Crippen molar-refractivity contribution in [1.82, 2.24) is 0 Å². The predicted molar refractivity (Wildman–Crippen MR) is 67.3 cm³/mol. The Hall–Kier alpha value is -0.270. The summed E-state index contributed by atoms with van der Waals surface area (Å²) in [6, 6.07) is 8.06. The fourth-order valence-corrected chi connectivity index (χ4v) is 1.59. The first-order chi connectivity index (χ1) is 6.83. The highest BCUT2D eigenvalue weighted by atomic mass is 79.9. The van der Waals surface area contributed by atoms with Gasteiger partial charge >= 0.3 is 0 Å². The molecular weight excluding hydrogens is 259 g/mol. The van der Waals surface area contributed by atoms with Crippen LogP contribution >= 0.6 is 27.5 Å². The zero-order valence-electron chi connectivity index (χ0n) is 8.05. The summed E-state index contributed by atoms with van der Waals surface area (Å²) in [5, 5.41) is 1.85. The quantitative estimate of drug-likeness (QED) is 0.543. The van der Waals surface area contributed by atoms with Crippen LogP contribution in [0.3, 0.4) is 0 Å². The molecule has 0 spiro atoms. The third-order valence-electron chi connectivity index (χ3n) is 1.96. The lowest BCUT2D eigenvalue weighted by Crippen LogP contribution is -1.82. The Labute approximate surface area is 99.1 Å². The molecule has 0 heterocycles. The van der Waals surface area contributed by atoms with Gasteiger partial charge in [-0.3, -0.25) is 0 Å². The van der Waals surface area contributed by atoms with Gasteiger partial charge in [0, 0.05) is 10.4 Å². The summed E-state index contributed by atoms with van der Waals surface area (Å²) >= 11 is 9.18. The summed E-state index contributed by atoms with van der Waals surface area (Å²) in [5.41, 5.74) is 1.35. The second-order valence-corrected chi connectivity index (χ2v) is 4.34. The van der Waals surface area contributed by atoms with Crippen molar-refractivity contribution in [1.29, 1.82) is 0 Å². The lowest BCUT2D eigenvalue weighted by molar-refractivity contribution is 0.993. The zero-order valence-corrected chi connectivity index (χ0v) is 10.4. The number of aryl methyl sites for hydroxylation is 1. The molecule has 0 aromatic heterocycles. The van der Waals surface area contributed by atoms with Crippen LogP contribution < -0.4 is 0 Å². The number of hydrogen-bond donors (Lipinski definition) is 0. The Balaban J connectivity index is 2.28. The normalized spacial score (nSPS) is 11.0. The topological polar surface area (TPSA) is 0 Å². The highest BCUT2D eigenvalue weighted by Gasteiger charge is 1.90. The van der Waals surface area contributed by atoms with Crippen LogP contribution in [0.4, 0.5) is 0 Å². The number of alkyl halides is 1. The van der Waals surface area contributed by atoms with Gasteiger partial charge in [0.15, 0.2) is 0 Å². The van der Waals surface area contributed by atoms with Crippen molar-refractivity contribution < 1.29 is 0 Å². The molecule has 0 fully saturated rings. The number of halogens is 2. The molecular formula is C12H14BrCl. The van der Waals surface area contributed by atoms with Gasteiger partial charge in [0.05, 0.1) is 0 Å². The van der Waals surface area contributed by atoms with E-state index in [0.29, 0.717) is 0 Å². The predicted octanol–water partition coefficient (Wildman–Crippen LogP) is 4.61. The van der Waals surface area contributed by atoms with Crippen molar-refractivity contribution in [3.05, 3.63) is 47.0 Å². The van der Waals surface area contributed by atoms with Crippen molar-refractivity contribution in [3.63, 3.8) is 0 Å². The van der Waals surface area contributed by atoms with E-state index in [2.05, 4.69) is 40.2 Å². The summed E-state index contributed by atoms with van der Waals surface area (Å²) < 4.78 is 0. The Kier molecular flexibility index (Phi) is 5.97. The molecule has 1 aromatic carbocycles. The van der Waals surface area contributed by atoms with Gasteiger partial charge in [-0.25, -0.2) is 0 Å². The van der Waals surface area contributed by atoms with Gasteiger partial charge in [0.25, 0.3) is 0 Å². The van der Waals surface area contributed by atoms with E-state index in [4.69, 9.17) is 11.6 Å². The Morgan fingerprint density at radius 2 is 1.71 bits per heavy atom. The van der Waals surface area contributed by atoms with Crippen LogP contribution in [0.15, 0.2) is 36.4 Å². The third kappa shape index (κ3) is 4.83. The minimum Gasteiger partial charge on any atom is -0.0925 e. The Morgan fingerprint density at radius 3 is 2.36 bits per heavy atom. The first-order valence-corrected chi connectivity index (χ1v) is 6.28. The first-order valence-electron chi connectivity index (χ1n) is 4.78. The van der Waals surface area contributed by atoms with Crippen LogP contribution in [0.1, 0.15) is 18.4 Å². The fourth-order valence-electron chi connectivity index (χ4n) is 1.20. The van der Waals surface area contributed by atoms with Gasteiger partial charge < -0.3 is 0 Å².